The monoisotopic (exact) mass is 376 g/mol. The Morgan fingerprint density at radius 2 is 1.04 bits per heavy atom. The SMILES string of the molecule is O=C(O)c1cc(=O)c2cc(-c3ccc4[nH]c(C(=O)O)cc(=O)c4c3)ccc2[nH]1. The summed E-state index contributed by atoms with van der Waals surface area (Å²) in [6.07, 6.45) is 0. The first-order valence-electron chi connectivity index (χ1n) is 8.14. The summed E-state index contributed by atoms with van der Waals surface area (Å²) in [6.45, 7) is 0. The summed E-state index contributed by atoms with van der Waals surface area (Å²) >= 11 is 0. The first-order chi connectivity index (χ1) is 13.3. The molecule has 4 rings (SSSR count). The lowest BCUT2D eigenvalue weighted by Crippen LogP contribution is -2.10. The maximum atomic E-state index is 12.3. The van der Waals surface area contributed by atoms with Crippen LogP contribution in [0.15, 0.2) is 58.1 Å². The molecule has 0 radical (unpaired) electrons. The summed E-state index contributed by atoms with van der Waals surface area (Å²) in [7, 11) is 0. The van der Waals surface area contributed by atoms with Crippen molar-refractivity contribution in [3.8, 4) is 11.1 Å². The first-order valence-corrected chi connectivity index (χ1v) is 8.14. The van der Waals surface area contributed by atoms with Gasteiger partial charge in [-0.25, -0.2) is 9.59 Å². The Morgan fingerprint density at radius 3 is 1.39 bits per heavy atom. The highest BCUT2D eigenvalue weighted by atomic mass is 16.4. The highest BCUT2D eigenvalue weighted by Crippen LogP contribution is 2.25. The summed E-state index contributed by atoms with van der Waals surface area (Å²) in [5.74, 6) is -2.45. The van der Waals surface area contributed by atoms with Gasteiger partial charge in [0.1, 0.15) is 11.4 Å². The number of rotatable bonds is 3. The Labute approximate surface area is 155 Å². The van der Waals surface area contributed by atoms with Crippen LogP contribution in [-0.2, 0) is 0 Å². The molecule has 0 saturated heterocycles. The predicted octanol–water partition coefficient (Wildman–Crippen LogP) is 2.43. The quantitative estimate of drug-likeness (QED) is 0.433. The number of hydrogen-bond acceptors (Lipinski definition) is 4. The Kier molecular flexibility index (Phi) is 3.82. The Morgan fingerprint density at radius 1 is 0.643 bits per heavy atom. The van der Waals surface area contributed by atoms with Gasteiger partial charge in [0, 0.05) is 33.9 Å². The summed E-state index contributed by atoms with van der Waals surface area (Å²) < 4.78 is 0. The van der Waals surface area contributed by atoms with Crippen molar-refractivity contribution in [2.75, 3.05) is 0 Å². The van der Waals surface area contributed by atoms with E-state index in [9.17, 15) is 19.2 Å². The molecule has 0 bridgehead atoms. The molecule has 2 aromatic heterocycles. The third-order valence-corrected chi connectivity index (χ3v) is 4.45. The van der Waals surface area contributed by atoms with Crippen molar-refractivity contribution >= 4 is 33.7 Å². The molecular formula is C20H12N2O6. The van der Waals surface area contributed by atoms with Crippen LogP contribution in [0.5, 0.6) is 0 Å². The van der Waals surface area contributed by atoms with Crippen molar-refractivity contribution in [1.82, 2.24) is 9.97 Å². The van der Waals surface area contributed by atoms with Crippen LogP contribution in [0.4, 0.5) is 0 Å². The number of carbonyl (C=O) groups is 2. The highest BCUT2D eigenvalue weighted by Gasteiger charge is 2.11. The van der Waals surface area contributed by atoms with E-state index in [0.29, 0.717) is 32.9 Å². The van der Waals surface area contributed by atoms with Crippen LogP contribution in [0, 0.1) is 0 Å². The van der Waals surface area contributed by atoms with E-state index in [1.54, 1.807) is 36.4 Å². The Bertz CT molecular complexity index is 1300. The van der Waals surface area contributed by atoms with Crippen LogP contribution in [0.3, 0.4) is 0 Å². The number of H-pyrrole nitrogens is 2. The van der Waals surface area contributed by atoms with Gasteiger partial charge in [0.25, 0.3) is 0 Å². The van der Waals surface area contributed by atoms with Crippen LogP contribution in [0.25, 0.3) is 32.9 Å². The van der Waals surface area contributed by atoms with Gasteiger partial charge in [-0.05, 0) is 35.4 Å². The van der Waals surface area contributed by atoms with E-state index in [-0.39, 0.29) is 11.4 Å². The van der Waals surface area contributed by atoms with E-state index in [0.717, 1.165) is 12.1 Å². The largest absolute Gasteiger partial charge is 0.477 e. The molecule has 2 aromatic carbocycles. The highest BCUT2D eigenvalue weighted by molar-refractivity contribution is 5.93. The van der Waals surface area contributed by atoms with Gasteiger partial charge in [0.05, 0.1) is 0 Å². The topological polar surface area (TPSA) is 140 Å². The average molecular weight is 376 g/mol. The molecule has 0 saturated carbocycles. The third-order valence-electron chi connectivity index (χ3n) is 4.45. The van der Waals surface area contributed by atoms with Crippen LogP contribution in [0.2, 0.25) is 0 Å². The molecule has 28 heavy (non-hydrogen) atoms. The minimum Gasteiger partial charge on any atom is -0.477 e. The molecule has 0 amide bonds. The van der Waals surface area contributed by atoms with Gasteiger partial charge in [0.2, 0.25) is 0 Å². The van der Waals surface area contributed by atoms with Crippen LogP contribution >= 0.6 is 0 Å². The number of carboxylic acid groups (broad SMARTS) is 2. The predicted molar refractivity (Wildman–Crippen MR) is 102 cm³/mol. The van der Waals surface area contributed by atoms with E-state index in [2.05, 4.69) is 9.97 Å². The molecule has 0 fully saturated rings. The average Bonchev–Trinajstić information content (AvgIpc) is 2.67. The number of aromatic carboxylic acids is 2. The fraction of sp³-hybridized carbons (Fsp3) is 0. The Hall–Kier alpha value is -4.20. The second-order valence-corrected chi connectivity index (χ2v) is 6.23. The fourth-order valence-corrected chi connectivity index (χ4v) is 3.08. The van der Waals surface area contributed by atoms with E-state index in [4.69, 9.17) is 10.2 Å². The smallest absolute Gasteiger partial charge is 0.352 e. The van der Waals surface area contributed by atoms with Crippen molar-refractivity contribution in [1.29, 1.82) is 0 Å². The van der Waals surface area contributed by atoms with Gasteiger partial charge in [-0.1, -0.05) is 12.1 Å². The van der Waals surface area contributed by atoms with Crippen LogP contribution in [0.1, 0.15) is 21.0 Å². The van der Waals surface area contributed by atoms with Crippen molar-refractivity contribution in [3.63, 3.8) is 0 Å². The van der Waals surface area contributed by atoms with E-state index >= 15 is 0 Å². The number of aromatic amines is 2. The number of fused-ring (bicyclic) bond motifs is 2. The normalized spacial score (nSPS) is 11.0. The summed E-state index contributed by atoms with van der Waals surface area (Å²) in [5, 5.41) is 18.7. The van der Waals surface area contributed by atoms with E-state index < -0.39 is 22.8 Å². The second-order valence-electron chi connectivity index (χ2n) is 6.23. The zero-order valence-corrected chi connectivity index (χ0v) is 14.1. The Balaban J connectivity index is 1.89. The standard InChI is InChI=1S/C20H12N2O6/c23-17-7-15(19(25)26)21-13-3-1-9(5-11(13)17)10-2-4-14-12(6-10)18(24)8-16(22-14)20(27)28/h1-8H,(H,21,23)(H,22,24)(H,25,26)(H,27,28). The van der Waals surface area contributed by atoms with Crippen molar-refractivity contribution in [3.05, 3.63) is 80.4 Å². The van der Waals surface area contributed by atoms with E-state index in [1.165, 1.54) is 0 Å². The van der Waals surface area contributed by atoms with Crippen LogP contribution in [-0.4, -0.2) is 32.1 Å². The van der Waals surface area contributed by atoms with Gasteiger partial charge >= 0.3 is 11.9 Å². The molecule has 0 aliphatic rings. The van der Waals surface area contributed by atoms with Gasteiger partial charge in [-0.3, -0.25) is 9.59 Å². The van der Waals surface area contributed by atoms with Crippen molar-refractivity contribution in [2.45, 2.75) is 0 Å². The van der Waals surface area contributed by atoms with Crippen molar-refractivity contribution in [2.24, 2.45) is 0 Å². The third kappa shape index (κ3) is 2.82. The zero-order valence-electron chi connectivity index (χ0n) is 14.1. The maximum Gasteiger partial charge on any atom is 0.352 e. The number of pyridine rings is 2. The number of aromatic nitrogens is 2. The molecule has 0 unspecified atom stereocenters. The molecule has 4 aromatic rings. The molecule has 0 spiro atoms. The van der Waals surface area contributed by atoms with Crippen molar-refractivity contribution < 1.29 is 19.8 Å². The maximum absolute atomic E-state index is 12.3. The minimum atomic E-state index is -1.22. The lowest BCUT2D eigenvalue weighted by molar-refractivity contribution is 0.0680. The van der Waals surface area contributed by atoms with Gasteiger partial charge in [-0.2, -0.15) is 0 Å². The molecule has 2 heterocycles. The number of carboxylic acids is 2. The van der Waals surface area contributed by atoms with Gasteiger partial charge in [-0.15, -0.1) is 0 Å². The zero-order chi connectivity index (χ0) is 20.0. The van der Waals surface area contributed by atoms with E-state index in [1.807, 2.05) is 0 Å². The fourth-order valence-electron chi connectivity index (χ4n) is 3.08. The molecule has 4 N–H and O–H groups in total. The lowest BCUT2D eigenvalue weighted by Gasteiger charge is -2.07. The minimum absolute atomic E-state index is 0.197. The van der Waals surface area contributed by atoms with Gasteiger partial charge in [0.15, 0.2) is 10.9 Å². The summed E-state index contributed by atoms with van der Waals surface area (Å²) in [6, 6.07) is 11.9. The molecule has 8 heteroatoms. The molecule has 0 aliphatic heterocycles. The number of hydrogen-bond donors (Lipinski definition) is 4. The molecular weight excluding hydrogens is 364 g/mol. The first kappa shape index (κ1) is 17.2. The lowest BCUT2D eigenvalue weighted by atomic mass is 10.0. The number of nitrogens with one attached hydrogen (secondary N) is 2. The van der Waals surface area contributed by atoms with Crippen LogP contribution < -0.4 is 10.9 Å². The molecule has 0 aliphatic carbocycles. The summed E-state index contributed by atoms with van der Waals surface area (Å²) in [5.41, 5.74) is 0.829. The van der Waals surface area contributed by atoms with Gasteiger partial charge < -0.3 is 20.2 Å². The molecule has 8 nitrogen and oxygen atoms in total. The molecule has 0 atom stereocenters. The molecule has 138 valence electrons. The number of benzene rings is 2. The second kappa shape index (κ2) is 6.20. The summed E-state index contributed by atoms with van der Waals surface area (Å²) in [4.78, 5) is 52.0.